The number of methoxy groups -OCH3 is 1. The van der Waals surface area contributed by atoms with Crippen molar-refractivity contribution < 1.29 is 9.53 Å². The first-order chi connectivity index (χ1) is 12.9. The largest absolute Gasteiger partial charge is 0.495 e. The van der Waals surface area contributed by atoms with Gasteiger partial charge in [-0.05, 0) is 68.9 Å². The third kappa shape index (κ3) is 3.93. The van der Waals surface area contributed by atoms with Crippen molar-refractivity contribution in [3.05, 3.63) is 46.1 Å². The van der Waals surface area contributed by atoms with Gasteiger partial charge in [-0.1, -0.05) is 17.8 Å². The minimum absolute atomic E-state index is 0.146. The Balaban J connectivity index is 1.81. The molecule has 0 fully saturated rings. The molecule has 1 aromatic heterocycles. The first kappa shape index (κ1) is 19.2. The van der Waals surface area contributed by atoms with Gasteiger partial charge in [0.1, 0.15) is 16.8 Å². The lowest BCUT2D eigenvalue weighted by atomic mass is 10.0. The minimum atomic E-state index is -0.395. The van der Waals surface area contributed by atoms with Crippen molar-refractivity contribution >= 4 is 23.4 Å². The Bertz CT molecular complexity index is 934. The highest BCUT2D eigenvalue weighted by Gasteiger charge is 2.24. The lowest BCUT2D eigenvalue weighted by molar-refractivity contribution is -0.115. The molecule has 1 unspecified atom stereocenters. The zero-order chi connectivity index (χ0) is 19.6. The molecule has 1 aromatic carbocycles. The van der Waals surface area contributed by atoms with Crippen LogP contribution in [-0.2, 0) is 17.6 Å². The summed E-state index contributed by atoms with van der Waals surface area (Å²) in [5.74, 6) is 0.475. The lowest BCUT2D eigenvalue weighted by Crippen LogP contribution is -2.23. The van der Waals surface area contributed by atoms with Crippen molar-refractivity contribution in [1.82, 2.24) is 4.98 Å². The van der Waals surface area contributed by atoms with Crippen molar-refractivity contribution in [3.63, 3.8) is 0 Å². The van der Waals surface area contributed by atoms with Crippen molar-refractivity contribution in [3.8, 4) is 11.8 Å². The fraction of sp³-hybridized carbons (Fsp3) is 0.381. The van der Waals surface area contributed by atoms with Crippen molar-refractivity contribution in [2.75, 3.05) is 12.4 Å². The number of hydrogen-bond donors (Lipinski definition) is 1. The first-order valence-electron chi connectivity index (χ1n) is 8.99. The summed E-state index contributed by atoms with van der Waals surface area (Å²) < 4.78 is 5.32. The summed E-state index contributed by atoms with van der Waals surface area (Å²) in [6.45, 7) is 5.77. The number of aromatic nitrogens is 1. The number of carbonyl (C=O) groups is 1. The molecule has 1 amide bonds. The molecule has 1 atom stereocenters. The predicted molar refractivity (Wildman–Crippen MR) is 107 cm³/mol. The van der Waals surface area contributed by atoms with Crippen LogP contribution in [0, 0.1) is 25.2 Å². The van der Waals surface area contributed by atoms with Gasteiger partial charge in [-0.25, -0.2) is 4.98 Å². The molecule has 3 rings (SSSR count). The van der Waals surface area contributed by atoms with Crippen molar-refractivity contribution in [2.24, 2.45) is 0 Å². The van der Waals surface area contributed by atoms with E-state index in [1.54, 1.807) is 7.11 Å². The number of hydrogen-bond acceptors (Lipinski definition) is 5. The van der Waals surface area contributed by atoms with E-state index in [2.05, 4.69) is 11.4 Å². The van der Waals surface area contributed by atoms with Crippen LogP contribution < -0.4 is 10.1 Å². The number of amides is 1. The Morgan fingerprint density at radius 1 is 1.37 bits per heavy atom. The van der Waals surface area contributed by atoms with Gasteiger partial charge < -0.3 is 10.1 Å². The molecule has 0 spiro atoms. The highest BCUT2D eigenvalue weighted by molar-refractivity contribution is 8.00. The Labute approximate surface area is 164 Å². The number of fused-ring (bicyclic) bond motifs is 1. The number of benzene rings is 1. The summed E-state index contributed by atoms with van der Waals surface area (Å²) in [6.07, 6.45) is 3.00. The second-order valence-electron chi connectivity index (χ2n) is 6.76. The molecule has 0 aliphatic heterocycles. The molecular weight excluding hydrogens is 358 g/mol. The average molecular weight is 382 g/mol. The molecule has 0 bridgehead atoms. The van der Waals surface area contributed by atoms with E-state index in [1.165, 1.54) is 17.3 Å². The van der Waals surface area contributed by atoms with Crippen LogP contribution in [0.3, 0.4) is 0 Å². The number of anilines is 1. The number of nitriles is 1. The van der Waals surface area contributed by atoms with E-state index in [0.717, 1.165) is 36.1 Å². The summed E-state index contributed by atoms with van der Waals surface area (Å²) >= 11 is 1.33. The van der Waals surface area contributed by atoms with E-state index < -0.39 is 5.25 Å². The maximum absolute atomic E-state index is 12.7. The number of carbonyl (C=O) groups excluding carboxylic acids is 1. The summed E-state index contributed by atoms with van der Waals surface area (Å²) in [6, 6.07) is 7.93. The fourth-order valence-corrected chi connectivity index (χ4v) is 4.32. The molecule has 1 aliphatic rings. The smallest absolute Gasteiger partial charge is 0.237 e. The number of ether oxygens (including phenoxy) is 1. The second-order valence-corrected chi connectivity index (χ2v) is 8.09. The summed E-state index contributed by atoms with van der Waals surface area (Å²) in [5.41, 5.74) is 5.56. The van der Waals surface area contributed by atoms with Crippen LogP contribution in [0.5, 0.6) is 5.75 Å². The van der Waals surface area contributed by atoms with Crippen molar-refractivity contribution in [1.29, 1.82) is 5.26 Å². The molecule has 1 heterocycles. The zero-order valence-electron chi connectivity index (χ0n) is 16.0. The van der Waals surface area contributed by atoms with Crippen LogP contribution in [0.2, 0.25) is 0 Å². The zero-order valence-corrected chi connectivity index (χ0v) is 16.9. The van der Waals surface area contributed by atoms with E-state index in [-0.39, 0.29) is 5.91 Å². The Kier molecular flexibility index (Phi) is 5.71. The molecule has 1 aliphatic carbocycles. The maximum atomic E-state index is 12.7. The normalized spacial score (nSPS) is 13.6. The van der Waals surface area contributed by atoms with E-state index in [9.17, 15) is 10.1 Å². The number of nitrogens with zero attached hydrogens (tertiary/aromatic N) is 2. The Morgan fingerprint density at radius 2 is 2.15 bits per heavy atom. The summed E-state index contributed by atoms with van der Waals surface area (Å²) in [4.78, 5) is 17.4. The molecule has 0 saturated carbocycles. The monoisotopic (exact) mass is 381 g/mol. The molecule has 1 N–H and O–H groups in total. The predicted octanol–water partition coefficient (Wildman–Crippen LogP) is 4.19. The standard InChI is InChI=1S/C21H23N3O2S/c1-12-8-9-19(26-4)18(10-12)23-20(25)14(3)27-21-16(11-22)13(2)15-6-5-7-17(15)24-21/h8-10,14H,5-7H2,1-4H3,(H,23,25). The van der Waals surface area contributed by atoms with Crippen LogP contribution in [-0.4, -0.2) is 23.3 Å². The molecule has 140 valence electrons. The highest BCUT2D eigenvalue weighted by atomic mass is 32.2. The molecule has 6 heteroatoms. The topological polar surface area (TPSA) is 75.0 Å². The fourth-order valence-electron chi connectivity index (χ4n) is 3.34. The summed E-state index contributed by atoms with van der Waals surface area (Å²) in [5, 5.41) is 12.8. The Hall–Kier alpha value is -2.52. The average Bonchev–Trinajstić information content (AvgIpc) is 3.11. The van der Waals surface area contributed by atoms with Gasteiger partial charge >= 0.3 is 0 Å². The summed E-state index contributed by atoms with van der Waals surface area (Å²) in [7, 11) is 1.58. The third-order valence-electron chi connectivity index (χ3n) is 4.85. The first-order valence-corrected chi connectivity index (χ1v) is 9.87. The molecular formula is C21H23N3O2S. The number of nitrogens with one attached hydrogen (secondary N) is 1. The van der Waals surface area contributed by atoms with Crippen LogP contribution in [0.15, 0.2) is 23.2 Å². The third-order valence-corrected chi connectivity index (χ3v) is 5.94. The van der Waals surface area contributed by atoms with Gasteiger partial charge in [0.2, 0.25) is 5.91 Å². The lowest BCUT2D eigenvalue weighted by Gasteiger charge is -2.16. The van der Waals surface area contributed by atoms with Gasteiger partial charge in [-0.2, -0.15) is 5.26 Å². The number of aryl methyl sites for hydroxylation is 2. The van der Waals surface area contributed by atoms with E-state index in [4.69, 9.17) is 9.72 Å². The van der Waals surface area contributed by atoms with Crippen molar-refractivity contribution in [2.45, 2.75) is 50.3 Å². The SMILES string of the molecule is COc1ccc(C)cc1NC(=O)C(C)Sc1nc2c(c(C)c1C#N)CCC2. The number of pyridine rings is 1. The van der Waals surface area contributed by atoms with Gasteiger partial charge in [-0.3, -0.25) is 4.79 Å². The van der Waals surface area contributed by atoms with Gasteiger partial charge in [0.05, 0.1) is 23.6 Å². The van der Waals surface area contributed by atoms with Crippen LogP contribution in [0.25, 0.3) is 0 Å². The number of rotatable bonds is 5. The van der Waals surface area contributed by atoms with Crippen LogP contribution in [0.1, 0.15) is 41.3 Å². The molecule has 5 nitrogen and oxygen atoms in total. The molecule has 0 radical (unpaired) electrons. The quantitative estimate of drug-likeness (QED) is 0.786. The molecule has 27 heavy (non-hydrogen) atoms. The molecule has 2 aromatic rings. The second kappa shape index (κ2) is 8.01. The van der Waals surface area contributed by atoms with Gasteiger partial charge in [0.25, 0.3) is 0 Å². The number of thioether (sulfide) groups is 1. The van der Waals surface area contributed by atoms with Gasteiger partial charge in [-0.15, -0.1) is 0 Å². The van der Waals surface area contributed by atoms with E-state index in [1.807, 2.05) is 39.0 Å². The maximum Gasteiger partial charge on any atom is 0.237 e. The van der Waals surface area contributed by atoms with E-state index >= 15 is 0 Å². The molecule has 0 saturated heterocycles. The highest BCUT2D eigenvalue weighted by Crippen LogP contribution is 2.34. The van der Waals surface area contributed by atoms with E-state index in [0.29, 0.717) is 22.0 Å². The minimum Gasteiger partial charge on any atom is -0.495 e. The van der Waals surface area contributed by atoms with Gasteiger partial charge in [0.15, 0.2) is 0 Å². The van der Waals surface area contributed by atoms with Crippen LogP contribution in [0.4, 0.5) is 5.69 Å². The van der Waals surface area contributed by atoms with Crippen LogP contribution >= 0.6 is 11.8 Å². The van der Waals surface area contributed by atoms with Gasteiger partial charge in [0, 0.05) is 5.69 Å². The Morgan fingerprint density at radius 3 is 2.85 bits per heavy atom.